The summed E-state index contributed by atoms with van der Waals surface area (Å²) in [5, 5.41) is 0.724. The zero-order valence-corrected chi connectivity index (χ0v) is 12.9. The number of hydrogen-bond donors (Lipinski definition) is 1. The van der Waals surface area contributed by atoms with E-state index in [1.165, 1.54) is 5.56 Å². The first kappa shape index (κ1) is 16.5. The third-order valence-electron chi connectivity index (χ3n) is 3.28. The van der Waals surface area contributed by atoms with Gasteiger partial charge in [0, 0.05) is 10.8 Å². The summed E-state index contributed by atoms with van der Waals surface area (Å²) in [6, 6.07) is 7.72. The van der Waals surface area contributed by atoms with Crippen molar-refractivity contribution in [2.24, 2.45) is 11.7 Å². The lowest BCUT2D eigenvalue weighted by atomic mass is 9.95. The molecule has 0 aromatic heterocycles. The summed E-state index contributed by atoms with van der Waals surface area (Å²) >= 11 is 5.84. The number of halogens is 1. The molecule has 1 unspecified atom stereocenters. The Morgan fingerprint density at radius 3 is 2.42 bits per heavy atom. The Kier molecular flexibility index (Phi) is 6.83. The maximum Gasteiger partial charge on any atom is 0.150 e. The van der Waals surface area contributed by atoms with Crippen LogP contribution in [0.15, 0.2) is 24.3 Å². The average molecular weight is 304 g/mol. The highest BCUT2D eigenvalue weighted by Gasteiger charge is 2.11. The minimum absolute atomic E-state index is 0.220. The van der Waals surface area contributed by atoms with Crippen LogP contribution in [0.5, 0.6) is 0 Å². The Morgan fingerprint density at radius 2 is 1.89 bits per heavy atom. The summed E-state index contributed by atoms with van der Waals surface area (Å²) in [6.45, 7) is 2.26. The van der Waals surface area contributed by atoms with Gasteiger partial charge in [0.2, 0.25) is 0 Å². The van der Waals surface area contributed by atoms with Gasteiger partial charge >= 0.3 is 0 Å². The molecular formula is C14H22ClNO2S. The highest BCUT2D eigenvalue weighted by Crippen LogP contribution is 2.16. The van der Waals surface area contributed by atoms with Crippen LogP contribution in [0.2, 0.25) is 5.02 Å². The van der Waals surface area contributed by atoms with Crippen LogP contribution in [0.3, 0.4) is 0 Å². The van der Waals surface area contributed by atoms with Gasteiger partial charge in [-0.1, -0.05) is 30.7 Å². The van der Waals surface area contributed by atoms with Gasteiger partial charge in [-0.2, -0.15) is 0 Å². The van der Waals surface area contributed by atoms with Crippen molar-refractivity contribution in [2.75, 3.05) is 18.1 Å². The molecule has 0 amide bonds. The van der Waals surface area contributed by atoms with Crippen LogP contribution in [-0.4, -0.2) is 26.5 Å². The Morgan fingerprint density at radius 1 is 1.26 bits per heavy atom. The van der Waals surface area contributed by atoms with Crippen molar-refractivity contribution in [1.29, 1.82) is 0 Å². The van der Waals surface area contributed by atoms with Crippen LogP contribution in [0.25, 0.3) is 0 Å². The molecule has 0 heterocycles. The molecule has 0 aliphatic rings. The van der Waals surface area contributed by atoms with Gasteiger partial charge in [-0.25, -0.2) is 8.42 Å². The summed E-state index contributed by atoms with van der Waals surface area (Å²) in [4.78, 5) is 0. The van der Waals surface area contributed by atoms with E-state index in [0.29, 0.717) is 18.9 Å². The maximum atomic E-state index is 11.4. The summed E-state index contributed by atoms with van der Waals surface area (Å²) in [5.41, 5.74) is 6.95. The third-order valence-corrected chi connectivity index (χ3v) is 5.32. The first-order chi connectivity index (χ1) is 8.96. The van der Waals surface area contributed by atoms with Crippen molar-refractivity contribution in [2.45, 2.75) is 26.2 Å². The molecular weight excluding hydrogens is 282 g/mol. The summed E-state index contributed by atoms with van der Waals surface area (Å²) < 4.78 is 22.8. The molecule has 0 spiro atoms. The van der Waals surface area contributed by atoms with Gasteiger partial charge < -0.3 is 5.73 Å². The van der Waals surface area contributed by atoms with Gasteiger partial charge in [-0.3, -0.25) is 0 Å². The van der Waals surface area contributed by atoms with Crippen molar-refractivity contribution in [3.05, 3.63) is 34.9 Å². The predicted octanol–water partition coefficient (Wildman–Crippen LogP) is 2.67. The van der Waals surface area contributed by atoms with Crippen molar-refractivity contribution in [3.8, 4) is 0 Å². The zero-order chi connectivity index (χ0) is 14.3. The summed E-state index contributed by atoms with van der Waals surface area (Å²) in [7, 11) is -2.86. The minimum atomic E-state index is -2.86. The maximum absolute atomic E-state index is 11.4. The molecule has 5 heteroatoms. The highest BCUT2D eigenvalue weighted by atomic mass is 35.5. The van der Waals surface area contributed by atoms with E-state index in [1.807, 2.05) is 24.3 Å². The van der Waals surface area contributed by atoms with Gasteiger partial charge in [0.05, 0.1) is 5.75 Å². The van der Waals surface area contributed by atoms with E-state index in [0.717, 1.165) is 17.9 Å². The lowest BCUT2D eigenvalue weighted by molar-refractivity contribution is 0.485. The molecule has 0 aliphatic carbocycles. The standard InChI is InChI=1S/C14H22ClNO2S/c1-2-19(17,18)9-3-4-13(11-16)10-12-5-7-14(15)8-6-12/h5-8,13H,2-4,9-11,16H2,1H3. The lowest BCUT2D eigenvalue weighted by Gasteiger charge is -2.14. The van der Waals surface area contributed by atoms with Gasteiger partial charge in [0.25, 0.3) is 0 Å². The van der Waals surface area contributed by atoms with E-state index in [2.05, 4.69) is 0 Å². The number of hydrogen-bond acceptors (Lipinski definition) is 3. The second-order valence-corrected chi connectivity index (χ2v) is 7.72. The molecule has 0 aliphatic heterocycles. The molecule has 1 aromatic rings. The minimum Gasteiger partial charge on any atom is -0.330 e. The van der Waals surface area contributed by atoms with E-state index in [-0.39, 0.29) is 11.5 Å². The molecule has 3 nitrogen and oxygen atoms in total. The van der Waals surface area contributed by atoms with Crippen LogP contribution >= 0.6 is 11.6 Å². The Labute approximate surface area is 121 Å². The van der Waals surface area contributed by atoms with Crippen LogP contribution in [0.4, 0.5) is 0 Å². The van der Waals surface area contributed by atoms with Crippen LogP contribution in [0, 0.1) is 5.92 Å². The SMILES string of the molecule is CCS(=O)(=O)CCCC(CN)Cc1ccc(Cl)cc1. The number of rotatable bonds is 8. The van der Waals surface area contributed by atoms with Crippen LogP contribution < -0.4 is 5.73 Å². The van der Waals surface area contributed by atoms with Gasteiger partial charge in [-0.05, 0) is 49.4 Å². The van der Waals surface area contributed by atoms with Crippen molar-refractivity contribution < 1.29 is 8.42 Å². The largest absolute Gasteiger partial charge is 0.330 e. The fourth-order valence-corrected chi connectivity index (χ4v) is 3.01. The highest BCUT2D eigenvalue weighted by molar-refractivity contribution is 7.91. The van der Waals surface area contributed by atoms with Crippen molar-refractivity contribution >= 4 is 21.4 Å². The molecule has 0 saturated carbocycles. The van der Waals surface area contributed by atoms with Gasteiger partial charge in [-0.15, -0.1) is 0 Å². The summed E-state index contributed by atoms with van der Waals surface area (Å²) in [5.74, 6) is 0.811. The second kappa shape index (κ2) is 7.88. The molecule has 1 atom stereocenters. The average Bonchev–Trinajstić information content (AvgIpc) is 2.40. The Hall–Kier alpha value is -0.580. The zero-order valence-electron chi connectivity index (χ0n) is 11.3. The quantitative estimate of drug-likeness (QED) is 0.803. The fraction of sp³-hybridized carbons (Fsp3) is 0.571. The monoisotopic (exact) mass is 303 g/mol. The number of sulfone groups is 1. The fourth-order valence-electron chi connectivity index (χ4n) is 1.99. The predicted molar refractivity (Wildman–Crippen MR) is 81.3 cm³/mol. The number of nitrogens with two attached hydrogens (primary N) is 1. The first-order valence-corrected chi connectivity index (χ1v) is 8.81. The molecule has 1 rings (SSSR count). The molecule has 1 aromatic carbocycles. The molecule has 0 saturated heterocycles. The second-order valence-electron chi connectivity index (χ2n) is 4.81. The number of benzene rings is 1. The van der Waals surface area contributed by atoms with Crippen molar-refractivity contribution in [1.82, 2.24) is 0 Å². The Balaban J connectivity index is 2.44. The van der Waals surface area contributed by atoms with Gasteiger partial charge in [0.15, 0.2) is 0 Å². The van der Waals surface area contributed by atoms with E-state index < -0.39 is 9.84 Å². The van der Waals surface area contributed by atoms with Gasteiger partial charge in [0.1, 0.15) is 9.84 Å². The first-order valence-electron chi connectivity index (χ1n) is 6.61. The normalized spacial score (nSPS) is 13.4. The molecule has 19 heavy (non-hydrogen) atoms. The Bertz CT molecular complexity index is 471. The summed E-state index contributed by atoms with van der Waals surface area (Å²) in [6.07, 6.45) is 2.41. The molecule has 2 N–H and O–H groups in total. The van der Waals surface area contributed by atoms with E-state index >= 15 is 0 Å². The molecule has 108 valence electrons. The third kappa shape index (κ3) is 6.41. The lowest BCUT2D eigenvalue weighted by Crippen LogP contribution is -2.18. The molecule has 0 radical (unpaired) electrons. The smallest absolute Gasteiger partial charge is 0.150 e. The van der Waals surface area contributed by atoms with E-state index in [9.17, 15) is 8.42 Å². The molecule has 0 bridgehead atoms. The molecule has 0 fully saturated rings. The van der Waals surface area contributed by atoms with Crippen molar-refractivity contribution in [3.63, 3.8) is 0 Å². The topological polar surface area (TPSA) is 60.2 Å². The van der Waals surface area contributed by atoms with E-state index in [4.69, 9.17) is 17.3 Å². The van der Waals surface area contributed by atoms with Crippen LogP contribution in [-0.2, 0) is 16.3 Å². The van der Waals surface area contributed by atoms with Crippen LogP contribution in [0.1, 0.15) is 25.3 Å². The van der Waals surface area contributed by atoms with E-state index in [1.54, 1.807) is 6.92 Å².